The third-order valence-corrected chi connectivity index (χ3v) is 3.35. The van der Waals surface area contributed by atoms with Gasteiger partial charge in [0.05, 0.1) is 53.4 Å². The van der Waals surface area contributed by atoms with E-state index in [4.69, 9.17) is 9.47 Å². The highest BCUT2D eigenvalue weighted by molar-refractivity contribution is 5.93. The van der Waals surface area contributed by atoms with Crippen LogP contribution in [0.15, 0.2) is 24.3 Å². The third kappa shape index (κ3) is 11.6. The van der Waals surface area contributed by atoms with Gasteiger partial charge in [-0.15, -0.1) is 0 Å². The fourth-order valence-corrected chi connectivity index (χ4v) is 1.73. The molecule has 0 amide bonds. The molecular formula is C18H30Br2N2O4. The number of hydrogen-bond acceptors (Lipinski definition) is 4. The van der Waals surface area contributed by atoms with E-state index in [0.717, 1.165) is 22.1 Å². The first kappa shape index (κ1) is 27.3. The molecule has 8 heteroatoms. The van der Waals surface area contributed by atoms with Crippen LogP contribution in [0.25, 0.3) is 0 Å². The Kier molecular flexibility index (Phi) is 12.3. The van der Waals surface area contributed by atoms with Crippen molar-refractivity contribution < 1.29 is 62.0 Å². The van der Waals surface area contributed by atoms with Crippen LogP contribution in [-0.4, -0.2) is 89.5 Å². The highest BCUT2D eigenvalue weighted by Crippen LogP contribution is 2.08. The standard InChI is InChI=1S/C18H30N2O4.2BrH/c1-19(2,3)11-13-23-17(21)15-7-9-16(10-8-15)18(22)24-14-12-20(4,5)6;;/h7-10H,11-14H2,1-6H3;2*1H/q+2;;/p-2. The molecule has 26 heavy (non-hydrogen) atoms. The molecule has 0 unspecified atom stereocenters. The fraction of sp³-hybridized carbons (Fsp3) is 0.556. The number of quaternary nitrogens is 2. The lowest BCUT2D eigenvalue weighted by molar-refractivity contribution is -0.870. The van der Waals surface area contributed by atoms with E-state index in [0.29, 0.717) is 24.3 Å². The summed E-state index contributed by atoms with van der Waals surface area (Å²) in [5.74, 6) is -0.762. The molecule has 0 aliphatic carbocycles. The number of carbonyl (C=O) groups is 2. The second-order valence-electron chi connectivity index (χ2n) is 7.88. The van der Waals surface area contributed by atoms with Crippen LogP contribution in [0.1, 0.15) is 20.7 Å². The molecule has 0 saturated carbocycles. The van der Waals surface area contributed by atoms with Gasteiger partial charge in [0.15, 0.2) is 0 Å². The molecule has 0 atom stereocenters. The number of likely N-dealkylation sites (N-methyl/N-ethyl adjacent to an activating group) is 2. The Balaban J connectivity index is 0. The van der Waals surface area contributed by atoms with Crippen LogP contribution in [0.3, 0.4) is 0 Å². The summed E-state index contributed by atoms with van der Waals surface area (Å²) in [6.45, 7) is 2.19. The number of halogens is 2. The van der Waals surface area contributed by atoms with E-state index in [1.165, 1.54) is 0 Å². The van der Waals surface area contributed by atoms with Gasteiger partial charge in [-0.2, -0.15) is 0 Å². The van der Waals surface area contributed by atoms with Crippen molar-refractivity contribution in [3.8, 4) is 0 Å². The van der Waals surface area contributed by atoms with Crippen LogP contribution in [0.5, 0.6) is 0 Å². The second-order valence-corrected chi connectivity index (χ2v) is 7.88. The van der Waals surface area contributed by atoms with Gasteiger partial charge in [0.2, 0.25) is 0 Å². The summed E-state index contributed by atoms with van der Waals surface area (Å²) >= 11 is 0. The van der Waals surface area contributed by atoms with Gasteiger partial charge in [-0.25, -0.2) is 9.59 Å². The van der Waals surface area contributed by atoms with E-state index in [2.05, 4.69) is 0 Å². The van der Waals surface area contributed by atoms with E-state index in [1.807, 2.05) is 42.3 Å². The molecule has 1 aromatic carbocycles. The molecule has 150 valence electrons. The average molecular weight is 498 g/mol. The Morgan fingerprint density at radius 3 is 1.19 bits per heavy atom. The average Bonchev–Trinajstić information content (AvgIpc) is 2.44. The van der Waals surface area contributed by atoms with Crippen LogP contribution in [0, 0.1) is 0 Å². The summed E-state index contributed by atoms with van der Waals surface area (Å²) in [5.41, 5.74) is 0.860. The number of esters is 2. The molecule has 6 nitrogen and oxygen atoms in total. The Morgan fingerprint density at radius 2 is 0.962 bits per heavy atom. The predicted molar refractivity (Wildman–Crippen MR) is 92.8 cm³/mol. The first-order valence-corrected chi connectivity index (χ1v) is 8.03. The highest BCUT2D eigenvalue weighted by atomic mass is 79.9. The minimum Gasteiger partial charge on any atom is -1.00 e. The number of hydrogen-bond donors (Lipinski definition) is 0. The van der Waals surface area contributed by atoms with Gasteiger partial charge < -0.3 is 52.4 Å². The van der Waals surface area contributed by atoms with Crippen molar-refractivity contribution in [2.75, 3.05) is 68.6 Å². The van der Waals surface area contributed by atoms with Gasteiger partial charge >= 0.3 is 11.9 Å². The van der Waals surface area contributed by atoms with E-state index in [9.17, 15) is 9.59 Å². The topological polar surface area (TPSA) is 52.6 Å². The molecule has 0 aliphatic heterocycles. The van der Waals surface area contributed by atoms with Crippen LogP contribution >= 0.6 is 0 Å². The first-order chi connectivity index (χ1) is 11.0. The summed E-state index contributed by atoms with van der Waals surface area (Å²) in [5, 5.41) is 0. The van der Waals surface area contributed by atoms with Crippen LogP contribution in [-0.2, 0) is 9.47 Å². The van der Waals surface area contributed by atoms with Gasteiger partial charge in [-0.05, 0) is 24.3 Å². The molecule has 0 radical (unpaired) electrons. The maximum Gasteiger partial charge on any atom is 0.338 e. The van der Waals surface area contributed by atoms with Crippen molar-refractivity contribution in [2.45, 2.75) is 0 Å². The molecule has 0 aliphatic rings. The van der Waals surface area contributed by atoms with Crippen molar-refractivity contribution in [3.63, 3.8) is 0 Å². The molecule has 1 rings (SSSR count). The summed E-state index contributed by atoms with van der Waals surface area (Å²) < 4.78 is 11.9. The molecule has 0 aromatic heterocycles. The lowest BCUT2D eigenvalue weighted by Crippen LogP contribution is -3.00. The van der Waals surface area contributed by atoms with E-state index in [1.54, 1.807) is 24.3 Å². The van der Waals surface area contributed by atoms with Gasteiger partial charge in [-0.3, -0.25) is 0 Å². The normalized spacial score (nSPS) is 11.0. The van der Waals surface area contributed by atoms with Crippen LogP contribution < -0.4 is 34.0 Å². The molecule has 0 spiro atoms. The molecule has 0 saturated heterocycles. The molecule has 0 N–H and O–H groups in total. The zero-order valence-corrected chi connectivity index (χ0v) is 19.6. The fourth-order valence-electron chi connectivity index (χ4n) is 1.73. The Morgan fingerprint density at radius 1 is 0.692 bits per heavy atom. The Labute approximate surface area is 177 Å². The molecule has 1 aromatic rings. The SMILES string of the molecule is C[N+](C)(C)CCOC(=O)c1ccc(C(=O)OCC[N+](C)(C)C)cc1.[Br-].[Br-]. The van der Waals surface area contributed by atoms with Crippen molar-refractivity contribution >= 4 is 11.9 Å². The Bertz CT molecular complexity index is 513. The van der Waals surface area contributed by atoms with Gasteiger partial charge in [0.25, 0.3) is 0 Å². The number of carbonyl (C=O) groups excluding carboxylic acids is 2. The zero-order valence-electron chi connectivity index (χ0n) is 16.4. The maximum absolute atomic E-state index is 11.9. The van der Waals surface area contributed by atoms with Crippen molar-refractivity contribution in [2.24, 2.45) is 0 Å². The predicted octanol–water partition coefficient (Wildman–Crippen LogP) is -4.58. The number of benzene rings is 1. The lowest BCUT2D eigenvalue weighted by atomic mass is 10.1. The smallest absolute Gasteiger partial charge is 0.338 e. The zero-order chi connectivity index (χ0) is 18.4. The molecular weight excluding hydrogens is 468 g/mol. The highest BCUT2D eigenvalue weighted by Gasteiger charge is 2.14. The summed E-state index contributed by atoms with van der Waals surface area (Å²) in [7, 11) is 12.2. The van der Waals surface area contributed by atoms with Crippen molar-refractivity contribution in [1.29, 1.82) is 0 Å². The van der Waals surface area contributed by atoms with E-state index >= 15 is 0 Å². The van der Waals surface area contributed by atoms with Gasteiger partial charge in [-0.1, -0.05) is 0 Å². The summed E-state index contributed by atoms with van der Waals surface area (Å²) in [4.78, 5) is 23.9. The maximum atomic E-state index is 11.9. The molecule has 0 heterocycles. The van der Waals surface area contributed by atoms with Crippen molar-refractivity contribution in [3.05, 3.63) is 35.4 Å². The number of nitrogens with zero attached hydrogens (tertiary/aromatic N) is 2. The minimum absolute atomic E-state index is 0. The lowest BCUT2D eigenvalue weighted by Gasteiger charge is -2.23. The van der Waals surface area contributed by atoms with Crippen LogP contribution in [0.4, 0.5) is 0 Å². The van der Waals surface area contributed by atoms with Crippen LogP contribution in [0.2, 0.25) is 0 Å². The second kappa shape index (κ2) is 11.7. The molecule has 0 fully saturated rings. The third-order valence-electron chi connectivity index (χ3n) is 3.35. The van der Waals surface area contributed by atoms with Gasteiger partial charge in [0, 0.05) is 0 Å². The summed E-state index contributed by atoms with van der Waals surface area (Å²) in [6.07, 6.45) is 0. The van der Waals surface area contributed by atoms with E-state index < -0.39 is 0 Å². The largest absolute Gasteiger partial charge is 1.00 e. The first-order valence-electron chi connectivity index (χ1n) is 8.03. The molecule has 0 bridgehead atoms. The minimum atomic E-state index is -0.381. The Hall–Kier alpha value is -0.960. The van der Waals surface area contributed by atoms with Crippen molar-refractivity contribution in [1.82, 2.24) is 0 Å². The monoisotopic (exact) mass is 496 g/mol. The number of ether oxygens (including phenoxy) is 2. The summed E-state index contributed by atoms with van der Waals surface area (Å²) in [6, 6.07) is 6.35. The van der Waals surface area contributed by atoms with Gasteiger partial charge in [0.1, 0.15) is 26.3 Å². The number of rotatable bonds is 8. The van der Waals surface area contributed by atoms with E-state index in [-0.39, 0.29) is 45.9 Å². The quantitative estimate of drug-likeness (QED) is 0.268.